The fourth-order valence-electron chi connectivity index (χ4n) is 2.27. The summed E-state index contributed by atoms with van der Waals surface area (Å²) in [7, 11) is 2.56. The Hall–Kier alpha value is -2.22. The van der Waals surface area contributed by atoms with Gasteiger partial charge in [0.05, 0.1) is 0 Å². The smallest absolute Gasteiger partial charge is 0.409 e. The van der Waals surface area contributed by atoms with Crippen molar-refractivity contribution in [1.82, 2.24) is 21.3 Å². The van der Waals surface area contributed by atoms with Gasteiger partial charge in [0.15, 0.2) is 0 Å². The molecular formula is C24H46N4O8S2. The normalized spacial score (nSPS) is 12.5. The van der Waals surface area contributed by atoms with Crippen molar-refractivity contribution in [3.8, 4) is 0 Å². The van der Waals surface area contributed by atoms with E-state index in [2.05, 4.69) is 21.3 Å². The first-order valence-electron chi connectivity index (χ1n) is 12.2. The summed E-state index contributed by atoms with van der Waals surface area (Å²) in [4.78, 5) is 49.1. The largest absolute Gasteiger partial charge is 0.444 e. The molecule has 0 fully saturated rings. The quantitative estimate of drug-likeness (QED) is 0.125. The van der Waals surface area contributed by atoms with Gasteiger partial charge in [-0.3, -0.25) is 0 Å². The summed E-state index contributed by atoms with van der Waals surface area (Å²) in [5.41, 5.74) is -2.90. The van der Waals surface area contributed by atoms with Crippen LogP contribution in [0.2, 0.25) is 0 Å². The average Bonchev–Trinajstić information content (AvgIpc) is 2.58. The van der Waals surface area contributed by atoms with Crippen LogP contribution in [-0.2, 0) is 18.9 Å². The van der Waals surface area contributed by atoms with E-state index in [1.54, 1.807) is 83.1 Å². The van der Waals surface area contributed by atoms with Gasteiger partial charge in [-0.15, -0.1) is 0 Å². The number of ether oxygens (including phenoxy) is 4. The first kappa shape index (κ1) is 35.8. The van der Waals surface area contributed by atoms with Gasteiger partial charge in [-0.2, -0.15) is 0 Å². The maximum atomic E-state index is 12.3. The molecule has 0 aliphatic heterocycles. The Balaban J connectivity index is 5.22. The Bertz CT molecular complexity index is 673. The van der Waals surface area contributed by atoms with Gasteiger partial charge in [0.1, 0.15) is 34.7 Å². The summed E-state index contributed by atoms with van der Waals surface area (Å²) < 4.78 is 21.1. The maximum absolute atomic E-state index is 12.3. The fourth-order valence-corrected chi connectivity index (χ4v) is 4.46. The van der Waals surface area contributed by atoms with Crippen molar-refractivity contribution in [2.45, 2.75) is 118 Å². The zero-order valence-electron chi connectivity index (χ0n) is 24.7. The van der Waals surface area contributed by atoms with E-state index in [1.165, 1.54) is 21.6 Å². The topological polar surface area (TPSA) is 153 Å². The molecule has 0 atom stereocenters. The second kappa shape index (κ2) is 14.8. The van der Waals surface area contributed by atoms with Crippen LogP contribution in [0.5, 0.6) is 0 Å². The minimum absolute atomic E-state index is 0.217. The van der Waals surface area contributed by atoms with E-state index in [4.69, 9.17) is 18.9 Å². The molecule has 14 heteroatoms. The number of nitrogens with one attached hydrogen (secondary N) is 4. The molecule has 0 rings (SSSR count). The van der Waals surface area contributed by atoms with Crippen molar-refractivity contribution in [3.05, 3.63) is 0 Å². The highest BCUT2D eigenvalue weighted by Gasteiger charge is 2.26. The molecule has 222 valence electrons. The Labute approximate surface area is 234 Å². The molecular weight excluding hydrogens is 536 g/mol. The molecule has 0 aromatic heterocycles. The van der Waals surface area contributed by atoms with Gasteiger partial charge in [0.2, 0.25) is 0 Å². The van der Waals surface area contributed by atoms with E-state index in [9.17, 15) is 19.2 Å². The fraction of sp³-hybridized carbons (Fsp3) is 0.833. The summed E-state index contributed by atoms with van der Waals surface area (Å²) in [6, 6.07) is 0. The predicted molar refractivity (Wildman–Crippen MR) is 150 cm³/mol. The van der Waals surface area contributed by atoms with Crippen LogP contribution in [0.1, 0.15) is 83.1 Å². The number of rotatable bonds is 9. The van der Waals surface area contributed by atoms with E-state index in [0.717, 1.165) is 0 Å². The number of alkyl carbamates (subject to hydrolysis) is 4. The van der Waals surface area contributed by atoms with Gasteiger partial charge in [0, 0.05) is 11.5 Å². The van der Waals surface area contributed by atoms with Crippen LogP contribution in [0.3, 0.4) is 0 Å². The van der Waals surface area contributed by atoms with Crippen LogP contribution in [0.25, 0.3) is 0 Å². The molecule has 0 unspecified atom stereocenters. The van der Waals surface area contributed by atoms with Crippen LogP contribution in [0.4, 0.5) is 19.2 Å². The summed E-state index contributed by atoms with van der Waals surface area (Å²) in [5, 5.41) is 10.4. The molecule has 0 aromatic carbocycles. The summed E-state index contributed by atoms with van der Waals surface area (Å²) in [6.07, 6.45) is -4.48. The molecule has 4 N–H and O–H groups in total. The molecule has 0 aliphatic carbocycles. The van der Waals surface area contributed by atoms with Crippen LogP contribution >= 0.6 is 21.6 Å². The van der Waals surface area contributed by atoms with Gasteiger partial charge in [-0.25, -0.2) is 19.2 Å². The Kier molecular flexibility index (Phi) is 13.9. The highest BCUT2D eigenvalue weighted by Crippen LogP contribution is 2.23. The van der Waals surface area contributed by atoms with Gasteiger partial charge >= 0.3 is 24.4 Å². The molecule has 38 heavy (non-hydrogen) atoms. The second-order valence-electron chi connectivity index (χ2n) is 12.3. The molecule has 0 aliphatic rings. The summed E-state index contributed by atoms with van der Waals surface area (Å²) >= 11 is 0. The lowest BCUT2D eigenvalue weighted by Crippen LogP contribution is -2.52. The van der Waals surface area contributed by atoms with Crippen LogP contribution in [0.15, 0.2) is 0 Å². The van der Waals surface area contributed by atoms with Gasteiger partial charge < -0.3 is 40.2 Å². The molecule has 0 bridgehead atoms. The molecule has 0 radical (unpaired) electrons. The minimum Gasteiger partial charge on any atom is -0.444 e. The summed E-state index contributed by atoms with van der Waals surface area (Å²) in [5.74, 6) is 0.434. The Morgan fingerprint density at radius 3 is 0.816 bits per heavy atom. The number of carbonyl (C=O) groups excluding carboxylic acids is 4. The second-order valence-corrected chi connectivity index (χ2v) is 14.8. The van der Waals surface area contributed by atoms with E-state index in [0.29, 0.717) is 0 Å². The first-order chi connectivity index (χ1) is 16.9. The van der Waals surface area contributed by atoms with Crippen molar-refractivity contribution in [1.29, 1.82) is 0 Å². The molecule has 12 nitrogen and oxygen atoms in total. The predicted octanol–water partition coefficient (Wildman–Crippen LogP) is 5.12. The Morgan fingerprint density at radius 1 is 0.474 bits per heavy atom. The van der Waals surface area contributed by atoms with E-state index < -0.39 is 59.1 Å². The SMILES string of the molecule is CC(C)(C)OC(=O)NC(CSSCC(NC(=O)OC(C)(C)C)NC(=O)OC(C)(C)C)NC(=O)OC(C)(C)C. The molecule has 0 heterocycles. The number of hydrogen-bond donors (Lipinski definition) is 4. The standard InChI is InChI=1S/C24H46N4O8S2/c1-21(2,3)33-17(29)25-15(26-18(30)34-22(4,5)6)13-37-38-14-16(27-19(31)35-23(7,8)9)28-20(32)36-24(10,11)12/h15-16H,13-14H2,1-12H3,(H,25,29)(H,26,30)(H,27,31)(H,28,32). The Morgan fingerprint density at radius 2 is 0.658 bits per heavy atom. The van der Waals surface area contributed by atoms with Crippen LogP contribution in [0, 0.1) is 0 Å². The van der Waals surface area contributed by atoms with Crippen LogP contribution in [-0.4, -0.2) is 70.6 Å². The molecule has 0 saturated carbocycles. The zero-order valence-corrected chi connectivity index (χ0v) is 26.3. The first-order valence-corrected chi connectivity index (χ1v) is 14.7. The zero-order chi connectivity index (χ0) is 29.9. The third kappa shape index (κ3) is 21.8. The molecule has 0 aromatic rings. The van der Waals surface area contributed by atoms with Gasteiger partial charge in [-0.1, -0.05) is 21.6 Å². The van der Waals surface area contributed by atoms with Crippen molar-refractivity contribution >= 4 is 46.0 Å². The van der Waals surface area contributed by atoms with E-state index in [-0.39, 0.29) is 11.5 Å². The number of amides is 4. The molecule has 0 saturated heterocycles. The van der Waals surface area contributed by atoms with Gasteiger partial charge in [0.25, 0.3) is 0 Å². The van der Waals surface area contributed by atoms with E-state index >= 15 is 0 Å². The van der Waals surface area contributed by atoms with Crippen LogP contribution < -0.4 is 21.3 Å². The van der Waals surface area contributed by atoms with Crippen molar-refractivity contribution in [2.24, 2.45) is 0 Å². The van der Waals surface area contributed by atoms with Crippen molar-refractivity contribution in [2.75, 3.05) is 11.5 Å². The number of hydrogen-bond acceptors (Lipinski definition) is 10. The molecule has 4 amide bonds. The lowest BCUT2D eigenvalue weighted by atomic mass is 10.2. The lowest BCUT2D eigenvalue weighted by Gasteiger charge is -2.27. The monoisotopic (exact) mass is 582 g/mol. The van der Waals surface area contributed by atoms with Gasteiger partial charge in [-0.05, 0) is 83.1 Å². The third-order valence-electron chi connectivity index (χ3n) is 3.32. The lowest BCUT2D eigenvalue weighted by molar-refractivity contribution is 0.0413. The van der Waals surface area contributed by atoms with E-state index in [1.807, 2.05) is 0 Å². The third-order valence-corrected chi connectivity index (χ3v) is 5.74. The molecule has 0 spiro atoms. The number of carbonyl (C=O) groups is 4. The maximum Gasteiger partial charge on any atom is 0.409 e. The average molecular weight is 583 g/mol. The van der Waals surface area contributed by atoms with Crippen molar-refractivity contribution in [3.63, 3.8) is 0 Å². The minimum atomic E-state index is -0.826. The summed E-state index contributed by atoms with van der Waals surface area (Å²) in [6.45, 7) is 20.7. The highest BCUT2D eigenvalue weighted by atomic mass is 33.1. The highest BCUT2D eigenvalue weighted by molar-refractivity contribution is 8.76. The van der Waals surface area contributed by atoms with Crippen molar-refractivity contribution < 1.29 is 38.1 Å².